The van der Waals surface area contributed by atoms with Crippen LogP contribution in [0.15, 0.2) is 30.6 Å². The van der Waals surface area contributed by atoms with E-state index in [4.69, 9.17) is 4.98 Å². The van der Waals surface area contributed by atoms with Crippen LogP contribution in [0.4, 0.5) is 5.95 Å². The van der Waals surface area contributed by atoms with Crippen molar-refractivity contribution in [3.05, 3.63) is 30.6 Å². The maximum Gasteiger partial charge on any atom is 0.213 e. The first-order valence-electron chi connectivity index (χ1n) is 6.85. The minimum Gasteiger partial charge on any atom is -0.339 e. The van der Waals surface area contributed by atoms with Gasteiger partial charge in [0.1, 0.15) is 6.33 Å². The second-order valence-corrected chi connectivity index (χ2v) is 5.24. The number of hydrogen-bond donors (Lipinski definition) is 0. The van der Waals surface area contributed by atoms with Gasteiger partial charge in [0.15, 0.2) is 5.65 Å². The fourth-order valence-electron chi connectivity index (χ4n) is 2.72. The largest absolute Gasteiger partial charge is 0.339 e. The summed E-state index contributed by atoms with van der Waals surface area (Å²) < 4.78 is 1.99. The molecule has 0 aliphatic carbocycles. The van der Waals surface area contributed by atoms with Crippen molar-refractivity contribution >= 4 is 22.5 Å². The van der Waals surface area contributed by atoms with Crippen LogP contribution in [0.25, 0.3) is 16.6 Å². The number of benzene rings is 1. The molecule has 102 valence electrons. The van der Waals surface area contributed by atoms with Crippen molar-refractivity contribution in [2.24, 2.45) is 0 Å². The van der Waals surface area contributed by atoms with Gasteiger partial charge in [-0.2, -0.15) is 0 Å². The van der Waals surface area contributed by atoms with Crippen molar-refractivity contribution < 1.29 is 0 Å². The topological polar surface area (TPSA) is 49.6 Å². The molecule has 0 atom stereocenters. The van der Waals surface area contributed by atoms with Crippen LogP contribution in [0.5, 0.6) is 0 Å². The minimum absolute atomic E-state index is 0.879. The van der Waals surface area contributed by atoms with Crippen molar-refractivity contribution in [3.63, 3.8) is 0 Å². The van der Waals surface area contributed by atoms with Crippen LogP contribution in [0.3, 0.4) is 0 Å². The Labute approximate surface area is 116 Å². The average molecular weight is 268 g/mol. The summed E-state index contributed by atoms with van der Waals surface area (Å²) >= 11 is 0. The lowest BCUT2D eigenvalue weighted by molar-refractivity contribution is 0.311. The number of anilines is 1. The van der Waals surface area contributed by atoms with Gasteiger partial charge in [-0.3, -0.25) is 4.40 Å². The van der Waals surface area contributed by atoms with Gasteiger partial charge in [0, 0.05) is 31.6 Å². The molecule has 1 saturated heterocycles. The lowest BCUT2D eigenvalue weighted by Crippen LogP contribution is -2.45. The minimum atomic E-state index is 0.879. The van der Waals surface area contributed by atoms with Crippen LogP contribution in [-0.2, 0) is 0 Å². The third kappa shape index (κ3) is 1.72. The molecule has 0 unspecified atom stereocenters. The summed E-state index contributed by atoms with van der Waals surface area (Å²) in [5, 5.41) is 9.36. The van der Waals surface area contributed by atoms with E-state index in [1.807, 2.05) is 28.7 Å². The summed E-state index contributed by atoms with van der Waals surface area (Å²) in [7, 11) is 2.15. The maximum atomic E-state index is 4.81. The Hall–Kier alpha value is -2.21. The van der Waals surface area contributed by atoms with Crippen LogP contribution in [0.2, 0.25) is 0 Å². The molecule has 3 heterocycles. The van der Waals surface area contributed by atoms with E-state index in [2.05, 4.69) is 27.0 Å². The summed E-state index contributed by atoms with van der Waals surface area (Å²) in [6.07, 6.45) is 1.75. The highest BCUT2D eigenvalue weighted by atomic mass is 15.4. The van der Waals surface area contributed by atoms with Gasteiger partial charge in [-0.05, 0) is 19.2 Å². The van der Waals surface area contributed by atoms with Gasteiger partial charge in [0.2, 0.25) is 5.95 Å². The van der Waals surface area contributed by atoms with Crippen LogP contribution >= 0.6 is 0 Å². The Morgan fingerprint density at radius 2 is 1.85 bits per heavy atom. The predicted molar refractivity (Wildman–Crippen MR) is 78.0 cm³/mol. The molecule has 6 heteroatoms. The normalized spacial score (nSPS) is 17.1. The van der Waals surface area contributed by atoms with Crippen molar-refractivity contribution in [3.8, 4) is 0 Å². The number of para-hydroxylation sites is 1. The third-order valence-corrected chi connectivity index (χ3v) is 3.91. The molecule has 1 fully saturated rings. The fourth-order valence-corrected chi connectivity index (χ4v) is 2.72. The Kier molecular flexibility index (Phi) is 2.56. The number of fused-ring (bicyclic) bond motifs is 3. The van der Waals surface area contributed by atoms with E-state index in [1.54, 1.807) is 6.33 Å². The molecule has 0 N–H and O–H groups in total. The van der Waals surface area contributed by atoms with Gasteiger partial charge < -0.3 is 9.80 Å². The molecule has 0 radical (unpaired) electrons. The molecule has 1 aromatic carbocycles. The highest BCUT2D eigenvalue weighted by Crippen LogP contribution is 2.22. The molecule has 6 nitrogen and oxygen atoms in total. The van der Waals surface area contributed by atoms with Gasteiger partial charge in [-0.15, -0.1) is 10.2 Å². The number of hydrogen-bond acceptors (Lipinski definition) is 5. The molecule has 0 saturated carbocycles. The molecule has 3 aromatic rings. The average Bonchev–Trinajstić information content (AvgIpc) is 2.97. The molecule has 1 aliphatic heterocycles. The van der Waals surface area contributed by atoms with Crippen LogP contribution in [-0.4, -0.2) is 57.7 Å². The number of piperazine rings is 1. The first-order valence-corrected chi connectivity index (χ1v) is 6.85. The number of aromatic nitrogens is 4. The van der Waals surface area contributed by atoms with Crippen LogP contribution in [0.1, 0.15) is 0 Å². The molecule has 2 aromatic heterocycles. The van der Waals surface area contributed by atoms with Crippen molar-refractivity contribution in [2.45, 2.75) is 0 Å². The van der Waals surface area contributed by atoms with Crippen LogP contribution < -0.4 is 4.90 Å². The first kappa shape index (κ1) is 11.6. The monoisotopic (exact) mass is 268 g/mol. The number of rotatable bonds is 1. The first-order chi connectivity index (χ1) is 9.83. The van der Waals surface area contributed by atoms with Crippen molar-refractivity contribution in [1.82, 2.24) is 24.5 Å². The standard InChI is InChI=1S/C14H16N6/c1-18-6-8-19(9-7-18)14-16-12-5-3-2-4-11(12)13-17-15-10-20(13)14/h2-5,10H,6-9H2,1H3. The fraction of sp³-hybridized carbons (Fsp3) is 0.357. The van der Waals surface area contributed by atoms with Gasteiger partial charge in [0.05, 0.1) is 5.52 Å². The molecular formula is C14H16N6. The van der Waals surface area contributed by atoms with Crippen LogP contribution in [0, 0.1) is 0 Å². The zero-order chi connectivity index (χ0) is 13.5. The number of likely N-dealkylation sites (N-methyl/N-ethyl adjacent to an activating group) is 1. The van der Waals surface area contributed by atoms with E-state index in [0.717, 1.165) is 48.7 Å². The summed E-state index contributed by atoms with van der Waals surface area (Å²) in [5.74, 6) is 0.941. The molecular weight excluding hydrogens is 252 g/mol. The third-order valence-electron chi connectivity index (χ3n) is 3.91. The SMILES string of the molecule is CN1CCN(c2nc3ccccc3c3nncn23)CC1. The predicted octanol–water partition coefficient (Wildman–Crippen LogP) is 1.03. The Morgan fingerprint density at radius 1 is 1.05 bits per heavy atom. The highest BCUT2D eigenvalue weighted by molar-refractivity contribution is 5.92. The second-order valence-electron chi connectivity index (χ2n) is 5.24. The van der Waals surface area contributed by atoms with E-state index in [9.17, 15) is 0 Å². The second kappa shape index (κ2) is 4.42. The summed E-state index contributed by atoms with van der Waals surface area (Å²) in [5.41, 5.74) is 1.85. The van der Waals surface area contributed by atoms with E-state index >= 15 is 0 Å². The highest BCUT2D eigenvalue weighted by Gasteiger charge is 2.19. The molecule has 0 bridgehead atoms. The quantitative estimate of drug-likeness (QED) is 0.660. The van der Waals surface area contributed by atoms with E-state index in [0.29, 0.717) is 0 Å². The smallest absolute Gasteiger partial charge is 0.213 e. The molecule has 4 rings (SSSR count). The zero-order valence-electron chi connectivity index (χ0n) is 11.4. The Bertz CT molecular complexity index is 757. The summed E-state index contributed by atoms with van der Waals surface area (Å²) in [6, 6.07) is 8.09. The molecule has 20 heavy (non-hydrogen) atoms. The lowest BCUT2D eigenvalue weighted by Gasteiger charge is -2.33. The van der Waals surface area contributed by atoms with Gasteiger partial charge in [0.25, 0.3) is 0 Å². The van der Waals surface area contributed by atoms with E-state index in [-0.39, 0.29) is 0 Å². The van der Waals surface area contributed by atoms with E-state index < -0.39 is 0 Å². The summed E-state index contributed by atoms with van der Waals surface area (Å²) in [6.45, 7) is 4.07. The Morgan fingerprint density at radius 3 is 2.70 bits per heavy atom. The summed E-state index contributed by atoms with van der Waals surface area (Å²) in [4.78, 5) is 9.46. The van der Waals surface area contributed by atoms with Gasteiger partial charge in [-0.1, -0.05) is 12.1 Å². The molecule has 1 aliphatic rings. The Balaban J connectivity index is 1.90. The van der Waals surface area contributed by atoms with Crippen molar-refractivity contribution in [2.75, 3.05) is 38.1 Å². The number of nitrogens with zero attached hydrogens (tertiary/aromatic N) is 6. The van der Waals surface area contributed by atoms with Gasteiger partial charge >= 0.3 is 0 Å². The lowest BCUT2D eigenvalue weighted by atomic mass is 10.2. The zero-order valence-corrected chi connectivity index (χ0v) is 11.4. The molecule has 0 amide bonds. The van der Waals surface area contributed by atoms with Gasteiger partial charge in [-0.25, -0.2) is 4.98 Å². The maximum absolute atomic E-state index is 4.81. The van der Waals surface area contributed by atoms with E-state index in [1.165, 1.54) is 0 Å². The van der Waals surface area contributed by atoms with Crippen molar-refractivity contribution in [1.29, 1.82) is 0 Å². The molecule has 0 spiro atoms.